The summed E-state index contributed by atoms with van der Waals surface area (Å²) in [5.41, 5.74) is 7.52. The van der Waals surface area contributed by atoms with Crippen molar-refractivity contribution in [3.63, 3.8) is 0 Å². The van der Waals surface area contributed by atoms with Crippen molar-refractivity contribution in [3.8, 4) is 0 Å². The van der Waals surface area contributed by atoms with Gasteiger partial charge < -0.3 is 4.90 Å². The molecule has 3 aliphatic rings. The van der Waals surface area contributed by atoms with Gasteiger partial charge in [-0.05, 0) is 85.1 Å². The van der Waals surface area contributed by atoms with E-state index in [1.54, 1.807) is 0 Å². The maximum Gasteiger partial charge on any atom is 0.0493 e. The molecule has 142 valence electrons. The third kappa shape index (κ3) is 4.04. The maximum atomic E-state index is 4.38. The molecule has 0 spiro atoms. The molecule has 1 heteroatoms. The molecule has 1 aromatic rings. The highest BCUT2D eigenvalue weighted by atomic mass is 15.2. The second-order valence-corrected chi connectivity index (χ2v) is 7.85. The van der Waals surface area contributed by atoms with E-state index in [9.17, 15) is 0 Å². The molecule has 1 heterocycles. The maximum absolute atomic E-state index is 4.38. The minimum absolute atomic E-state index is 0.642. The van der Waals surface area contributed by atoms with Gasteiger partial charge in [0.25, 0.3) is 0 Å². The first-order valence-corrected chi connectivity index (χ1v) is 10.4. The van der Waals surface area contributed by atoms with Crippen LogP contribution >= 0.6 is 0 Å². The predicted molar refractivity (Wildman–Crippen MR) is 122 cm³/mol. The van der Waals surface area contributed by atoms with E-state index in [1.807, 2.05) is 0 Å². The van der Waals surface area contributed by atoms with Gasteiger partial charge in [-0.15, -0.1) is 0 Å². The lowest BCUT2D eigenvalue weighted by Gasteiger charge is -2.29. The number of fused-ring (bicyclic) bond motifs is 1. The predicted octanol–water partition coefficient (Wildman–Crippen LogP) is 7.28. The second kappa shape index (κ2) is 8.48. The lowest BCUT2D eigenvalue weighted by molar-refractivity contribution is 0.739. The second-order valence-electron chi connectivity index (χ2n) is 7.85. The van der Waals surface area contributed by atoms with Gasteiger partial charge in [0.15, 0.2) is 0 Å². The van der Waals surface area contributed by atoms with Crippen LogP contribution in [-0.2, 0) is 6.42 Å². The number of nitrogens with zero attached hydrogens (tertiary/aromatic N) is 1. The summed E-state index contributed by atoms with van der Waals surface area (Å²) < 4.78 is 0. The Labute approximate surface area is 169 Å². The van der Waals surface area contributed by atoms with Crippen LogP contribution in [0.4, 0.5) is 5.69 Å². The summed E-state index contributed by atoms with van der Waals surface area (Å²) in [7, 11) is 0. The van der Waals surface area contributed by atoms with Gasteiger partial charge in [-0.3, -0.25) is 0 Å². The molecule has 0 N–H and O–H groups in total. The first kappa shape index (κ1) is 18.6. The van der Waals surface area contributed by atoms with E-state index in [0.29, 0.717) is 5.92 Å². The van der Waals surface area contributed by atoms with Crippen molar-refractivity contribution in [1.82, 2.24) is 0 Å². The highest BCUT2D eigenvalue weighted by molar-refractivity contribution is 5.78. The Morgan fingerprint density at radius 3 is 2.86 bits per heavy atom. The van der Waals surface area contributed by atoms with Crippen molar-refractivity contribution >= 4 is 11.3 Å². The van der Waals surface area contributed by atoms with Crippen LogP contribution < -0.4 is 4.90 Å². The summed E-state index contributed by atoms with van der Waals surface area (Å²) in [5, 5.41) is 0. The molecule has 1 aromatic carbocycles. The fourth-order valence-corrected chi connectivity index (χ4v) is 4.01. The minimum atomic E-state index is 0.642. The normalized spacial score (nSPS) is 23.1. The van der Waals surface area contributed by atoms with Gasteiger partial charge in [0, 0.05) is 17.1 Å². The van der Waals surface area contributed by atoms with Crippen molar-refractivity contribution in [2.24, 2.45) is 5.92 Å². The van der Waals surface area contributed by atoms with Gasteiger partial charge in [-0.2, -0.15) is 0 Å². The van der Waals surface area contributed by atoms with Gasteiger partial charge in [-0.25, -0.2) is 0 Å². The van der Waals surface area contributed by atoms with Crippen LogP contribution in [0.3, 0.4) is 0 Å². The van der Waals surface area contributed by atoms with Crippen LogP contribution in [-0.4, -0.2) is 0 Å². The van der Waals surface area contributed by atoms with Crippen LogP contribution in [0.2, 0.25) is 0 Å². The monoisotopic (exact) mass is 367 g/mol. The molecule has 0 bridgehead atoms. The lowest BCUT2D eigenvalue weighted by Crippen LogP contribution is -2.20. The molecule has 2 aliphatic carbocycles. The van der Waals surface area contributed by atoms with Crippen LogP contribution in [0.15, 0.2) is 96.9 Å². The van der Waals surface area contributed by atoms with E-state index < -0.39 is 0 Å². The third-order valence-electron chi connectivity index (χ3n) is 5.60. The topological polar surface area (TPSA) is 3.24 Å². The van der Waals surface area contributed by atoms with Crippen molar-refractivity contribution in [1.29, 1.82) is 0 Å². The molecule has 0 fully saturated rings. The summed E-state index contributed by atoms with van der Waals surface area (Å²) in [4.78, 5) is 2.31. The molecule has 1 nitrogen and oxygen atoms in total. The zero-order chi connectivity index (χ0) is 19.3. The molecule has 28 heavy (non-hydrogen) atoms. The number of hydrogen-bond acceptors (Lipinski definition) is 1. The minimum Gasteiger partial charge on any atom is -0.311 e. The molecule has 1 aliphatic heterocycles. The smallest absolute Gasteiger partial charge is 0.0493 e. The third-order valence-corrected chi connectivity index (χ3v) is 5.60. The number of rotatable bonds is 2. The van der Waals surface area contributed by atoms with Gasteiger partial charge in [0.05, 0.1) is 0 Å². The number of anilines is 1. The molecule has 4 rings (SSSR count). The van der Waals surface area contributed by atoms with Crippen LogP contribution in [0.5, 0.6) is 0 Å². The molecule has 1 atom stereocenters. The summed E-state index contributed by atoms with van der Waals surface area (Å²) in [6.07, 6.45) is 27.8. The fraction of sp³-hybridized carbons (Fsp3) is 0.259. The molecule has 0 aromatic heterocycles. The largest absolute Gasteiger partial charge is 0.311 e. The van der Waals surface area contributed by atoms with E-state index in [2.05, 4.69) is 97.4 Å². The van der Waals surface area contributed by atoms with E-state index >= 15 is 0 Å². The summed E-state index contributed by atoms with van der Waals surface area (Å²) in [6, 6.07) is 6.94. The Morgan fingerprint density at radius 1 is 1.07 bits per heavy atom. The Hall–Kier alpha value is -2.80. The molecule has 0 saturated carbocycles. The van der Waals surface area contributed by atoms with Crippen molar-refractivity contribution in [3.05, 3.63) is 108 Å². The first-order chi connectivity index (χ1) is 13.7. The van der Waals surface area contributed by atoms with Gasteiger partial charge in [-0.1, -0.05) is 62.1 Å². The van der Waals surface area contributed by atoms with Crippen LogP contribution in [0.1, 0.15) is 43.7 Å². The van der Waals surface area contributed by atoms with Crippen molar-refractivity contribution < 1.29 is 0 Å². The number of benzene rings is 1. The van der Waals surface area contributed by atoms with Crippen LogP contribution in [0, 0.1) is 5.92 Å². The average molecular weight is 368 g/mol. The lowest BCUT2D eigenvalue weighted by atomic mass is 9.92. The van der Waals surface area contributed by atoms with Crippen molar-refractivity contribution in [2.45, 2.75) is 39.0 Å². The molecule has 0 amide bonds. The van der Waals surface area contributed by atoms with Gasteiger partial charge in [0.1, 0.15) is 0 Å². The molecule has 0 saturated heterocycles. The van der Waals surface area contributed by atoms with Crippen LogP contribution in [0.25, 0.3) is 5.57 Å². The highest BCUT2D eigenvalue weighted by Crippen LogP contribution is 2.35. The molecule has 0 radical (unpaired) electrons. The number of hydrogen-bond donors (Lipinski definition) is 0. The molecular weight excluding hydrogens is 338 g/mol. The number of aryl methyl sites for hydroxylation is 1. The zero-order valence-electron chi connectivity index (χ0n) is 16.8. The average Bonchev–Trinajstić information content (AvgIpc) is 2.95. The Morgan fingerprint density at radius 2 is 2.00 bits per heavy atom. The summed E-state index contributed by atoms with van der Waals surface area (Å²) in [5.74, 6) is 0.642. The summed E-state index contributed by atoms with van der Waals surface area (Å²) in [6.45, 7) is 6.65. The Bertz CT molecular complexity index is 933. The van der Waals surface area contributed by atoms with Crippen molar-refractivity contribution in [2.75, 3.05) is 4.90 Å². The van der Waals surface area contributed by atoms with E-state index in [0.717, 1.165) is 37.8 Å². The first-order valence-electron chi connectivity index (χ1n) is 10.4. The van der Waals surface area contributed by atoms with E-state index in [1.165, 1.54) is 28.1 Å². The standard InChI is InChI=1S/C27H29N/c1-21-14-16-23(17-15-21)24-18-19-27-25(20-24)11-7-5-6-10-22(2)28(27)26-12-8-3-4-9-13-26/h3,6,8-10,12-14,16-21H,2,4-5,7,11,15H2,1H3/b10-6-. The zero-order valence-corrected chi connectivity index (χ0v) is 16.8. The quantitative estimate of drug-likeness (QED) is 0.531. The Balaban J connectivity index is 1.78. The SMILES string of the molecule is C=C1/C=C\CCCc2cc(C3=CCC(C)C=C3)ccc2N1C1=CC=CCC=C1. The van der Waals surface area contributed by atoms with E-state index in [-0.39, 0.29) is 0 Å². The van der Waals surface area contributed by atoms with E-state index in [4.69, 9.17) is 0 Å². The fourth-order valence-electron chi connectivity index (χ4n) is 4.01. The molecule has 1 unspecified atom stereocenters. The molecular formula is C27H29N. The van der Waals surface area contributed by atoms with Gasteiger partial charge in [0.2, 0.25) is 0 Å². The Kier molecular flexibility index (Phi) is 5.62. The number of allylic oxidation sites excluding steroid dienone is 11. The highest BCUT2D eigenvalue weighted by Gasteiger charge is 2.18. The summed E-state index contributed by atoms with van der Waals surface area (Å²) >= 11 is 0. The van der Waals surface area contributed by atoms with Gasteiger partial charge >= 0.3 is 0 Å².